The molecule has 0 unspecified atom stereocenters. The van der Waals surface area contributed by atoms with Gasteiger partial charge < -0.3 is 14.4 Å². The molecule has 0 N–H and O–H groups in total. The van der Waals surface area contributed by atoms with Crippen LogP contribution in [0.5, 0.6) is 23.0 Å². The molecule has 0 radical (unpaired) electrons. The zero-order valence-corrected chi connectivity index (χ0v) is 43.3. The average Bonchev–Trinajstić information content (AvgIpc) is 4.07. The van der Waals surface area contributed by atoms with Gasteiger partial charge in [0.05, 0.1) is 27.8 Å². The number of ether oxygens (including phenoxy) is 2. The number of rotatable bonds is 8. The van der Waals surface area contributed by atoms with Crippen LogP contribution in [0.25, 0.3) is 72.3 Å². The van der Waals surface area contributed by atoms with E-state index < -0.39 is 0 Å². The monoisotopic (exact) mass is 1000 g/mol. The van der Waals surface area contributed by atoms with E-state index in [-0.39, 0.29) is 12.1 Å². The molecule has 7 nitrogen and oxygen atoms in total. The van der Waals surface area contributed by atoms with Gasteiger partial charge in [0.15, 0.2) is 0 Å². The summed E-state index contributed by atoms with van der Waals surface area (Å²) >= 11 is 0. The van der Waals surface area contributed by atoms with Crippen LogP contribution in [0.1, 0.15) is 26.3 Å². The molecular weight excluding hydrogens is 954 g/mol. The first-order chi connectivity index (χ1) is 38.3. The summed E-state index contributed by atoms with van der Waals surface area (Å²) in [5.41, 5.74) is 18.0. The molecule has 15 rings (SSSR count). The Balaban J connectivity index is 0.977. The molecule has 0 bridgehead atoms. The Kier molecular flexibility index (Phi) is 10.4. The smallest absolute Gasteiger partial charge is 0.270 e. The summed E-state index contributed by atoms with van der Waals surface area (Å²) in [6.45, 7) is 6.52. The van der Waals surface area contributed by atoms with Crippen molar-refractivity contribution in [3.05, 3.63) is 261 Å². The fourth-order valence-corrected chi connectivity index (χ4v) is 12.1. The summed E-state index contributed by atoms with van der Waals surface area (Å²) in [6.07, 6.45) is 5.90. The first kappa shape index (κ1) is 45.5. The van der Waals surface area contributed by atoms with Crippen molar-refractivity contribution in [2.45, 2.75) is 26.2 Å². The maximum atomic E-state index is 7.41. The molecule has 2 aliphatic rings. The van der Waals surface area contributed by atoms with E-state index in [1.54, 1.807) is 0 Å². The molecule has 3 aromatic heterocycles. The van der Waals surface area contributed by atoms with E-state index in [1.807, 2.05) is 6.20 Å². The third-order valence-electron chi connectivity index (χ3n) is 15.6. The molecule has 13 aromatic rings. The number of nitrogens with zero attached hydrogens (tertiary/aromatic N) is 5. The molecule has 0 saturated carbocycles. The summed E-state index contributed by atoms with van der Waals surface area (Å²) in [5.74, 6) is 3.77. The quantitative estimate of drug-likeness (QED) is 0.0865. The molecule has 10 aromatic carbocycles. The Labute approximate surface area is 453 Å². The molecule has 0 saturated heterocycles. The predicted octanol–water partition coefficient (Wildman–Crippen LogP) is 15.0. The van der Waals surface area contributed by atoms with Crippen molar-refractivity contribution < 1.29 is 14.0 Å². The fraction of sp³-hybridized carbons (Fsp3) is 0.0571. The lowest BCUT2D eigenvalue weighted by Gasteiger charge is -2.40. The minimum absolute atomic E-state index is 0.0598. The van der Waals surface area contributed by atoms with Crippen LogP contribution < -0.4 is 35.3 Å². The van der Waals surface area contributed by atoms with Gasteiger partial charge in [0.1, 0.15) is 34.5 Å². The first-order valence-corrected chi connectivity index (χ1v) is 26.6. The van der Waals surface area contributed by atoms with Crippen LogP contribution in [0.4, 0.5) is 17.1 Å². The van der Waals surface area contributed by atoms with E-state index in [4.69, 9.17) is 14.5 Å². The third kappa shape index (κ3) is 7.28. The Morgan fingerprint density at radius 3 is 1.95 bits per heavy atom. The van der Waals surface area contributed by atoms with Crippen LogP contribution in [0, 0.1) is 6.33 Å². The summed E-state index contributed by atoms with van der Waals surface area (Å²) < 4.78 is 21.4. The van der Waals surface area contributed by atoms with Gasteiger partial charge in [-0.15, -0.1) is 0 Å². The van der Waals surface area contributed by atoms with E-state index in [1.165, 1.54) is 11.0 Å². The molecule has 0 spiro atoms. The molecule has 8 heteroatoms. The predicted molar refractivity (Wildman–Crippen MR) is 318 cm³/mol. The van der Waals surface area contributed by atoms with Crippen LogP contribution in [-0.4, -0.2) is 20.8 Å². The highest BCUT2D eigenvalue weighted by atomic mass is 16.5. The number of hydrogen-bond donors (Lipinski definition) is 0. The van der Waals surface area contributed by atoms with Crippen molar-refractivity contribution in [2.75, 3.05) is 4.90 Å². The number of benzene rings is 10. The van der Waals surface area contributed by atoms with Crippen molar-refractivity contribution in [1.29, 1.82) is 0 Å². The zero-order chi connectivity index (χ0) is 52.1. The minimum atomic E-state index is -0.206. The lowest BCUT2D eigenvalue weighted by atomic mass is 9.34. The van der Waals surface area contributed by atoms with E-state index in [0.29, 0.717) is 11.5 Å². The Morgan fingerprint density at radius 2 is 1.18 bits per heavy atom. The van der Waals surface area contributed by atoms with Gasteiger partial charge in [-0.25, -0.2) is 4.98 Å². The lowest BCUT2D eigenvalue weighted by Crippen LogP contribution is -2.59. The Bertz CT molecular complexity index is 4450. The average molecular weight is 1000 g/mol. The molecule has 2 aliphatic heterocycles. The van der Waals surface area contributed by atoms with Crippen LogP contribution in [0.15, 0.2) is 249 Å². The second-order valence-corrected chi connectivity index (χ2v) is 21.3. The highest BCUT2D eigenvalue weighted by molar-refractivity contribution is 6.99. The normalized spacial score (nSPS) is 12.6. The number of pyridine rings is 1. The van der Waals surface area contributed by atoms with Gasteiger partial charge in [0, 0.05) is 40.1 Å². The fourth-order valence-electron chi connectivity index (χ4n) is 12.1. The highest BCUT2D eigenvalue weighted by Crippen LogP contribution is 2.44. The van der Waals surface area contributed by atoms with Gasteiger partial charge in [0.2, 0.25) is 0 Å². The van der Waals surface area contributed by atoms with Crippen molar-refractivity contribution in [3.63, 3.8) is 0 Å². The SMILES string of the molecule is CC(C)(C)c1ccnc(-n2c3ccccc3c3ccc(Oc4cc5c(c(-n6[c-][n+](-c7c(-c8ccccc8)cccc7-c7ccccc7)c7ccccc76)c4)Oc4cccc6c4B5c4ccccc4N6c4ccccc4)cc32)c1. The van der Waals surface area contributed by atoms with E-state index in [0.717, 1.165) is 112 Å². The van der Waals surface area contributed by atoms with Crippen molar-refractivity contribution in [2.24, 2.45) is 0 Å². The standard InChI is InChI=1S/C70H50BN5O2/c1-70(2,3)48-39-40-72-66(41-48)76-58-31-15-13-27-54(58)55-38-37-50(43-63(55)76)77-51-42-57-69(78-65-36-20-35-62-67(65)71(57)56-30-14-16-32-59(56)75(62)49-25-11-6-12-26-49)64(44-51)73-45-74(61-34-18-17-33-60(61)73)68-52(46-21-7-4-8-22-46)28-19-29-53(68)47-23-9-5-10-24-47/h4-44H,1-3H3. The van der Waals surface area contributed by atoms with Gasteiger partial charge >= 0.3 is 0 Å². The van der Waals surface area contributed by atoms with Gasteiger partial charge in [-0.05, 0) is 122 Å². The molecular formula is C70H50BN5O2. The van der Waals surface area contributed by atoms with Gasteiger partial charge in [-0.1, -0.05) is 185 Å². The summed E-state index contributed by atoms with van der Waals surface area (Å²) in [4.78, 5) is 7.35. The molecule has 370 valence electrons. The summed E-state index contributed by atoms with van der Waals surface area (Å²) in [5, 5.41) is 2.27. The Hall–Kier alpha value is -9.92. The Morgan fingerprint density at radius 1 is 0.526 bits per heavy atom. The van der Waals surface area contributed by atoms with Gasteiger partial charge in [-0.2, -0.15) is 0 Å². The van der Waals surface area contributed by atoms with Gasteiger partial charge in [0.25, 0.3) is 13.0 Å². The van der Waals surface area contributed by atoms with Gasteiger partial charge in [-0.3, -0.25) is 13.7 Å². The lowest BCUT2D eigenvalue weighted by molar-refractivity contribution is -0.571. The highest BCUT2D eigenvalue weighted by Gasteiger charge is 2.43. The van der Waals surface area contributed by atoms with E-state index >= 15 is 0 Å². The number of anilines is 3. The molecule has 0 aliphatic carbocycles. The number of aromatic nitrogens is 4. The zero-order valence-electron chi connectivity index (χ0n) is 43.3. The first-order valence-electron chi connectivity index (χ1n) is 26.6. The van der Waals surface area contributed by atoms with Crippen LogP contribution in [-0.2, 0) is 5.41 Å². The summed E-state index contributed by atoms with van der Waals surface area (Å²) in [6, 6.07) is 85.9. The van der Waals surface area contributed by atoms with Crippen molar-refractivity contribution in [1.82, 2.24) is 14.1 Å². The topological polar surface area (TPSA) is 48.3 Å². The summed E-state index contributed by atoms with van der Waals surface area (Å²) in [7, 11) is 0. The second kappa shape index (κ2) is 17.9. The minimum Gasteiger partial charge on any atom is -0.462 e. The maximum Gasteiger partial charge on any atom is 0.270 e. The number of fused-ring (bicyclic) bond motifs is 8. The van der Waals surface area contributed by atoms with E-state index in [9.17, 15) is 0 Å². The van der Waals surface area contributed by atoms with Crippen LogP contribution in [0.3, 0.4) is 0 Å². The van der Waals surface area contributed by atoms with Crippen molar-refractivity contribution in [3.8, 4) is 62.4 Å². The van der Waals surface area contributed by atoms with E-state index in [2.05, 4.69) is 288 Å². The molecule has 5 heterocycles. The number of imidazole rings is 1. The van der Waals surface area contributed by atoms with Crippen LogP contribution >= 0.6 is 0 Å². The molecule has 0 fully saturated rings. The number of hydrogen-bond acceptors (Lipinski definition) is 4. The largest absolute Gasteiger partial charge is 0.462 e. The molecule has 0 atom stereocenters. The third-order valence-corrected chi connectivity index (χ3v) is 15.6. The second-order valence-electron chi connectivity index (χ2n) is 21.3. The van der Waals surface area contributed by atoms with Crippen molar-refractivity contribution >= 4 is 73.0 Å². The molecule has 0 amide bonds. The van der Waals surface area contributed by atoms with Crippen LogP contribution in [0.2, 0.25) is 0 Å². The maximum absolute atomic E-state index is 7.41. The number of para-hydroxylation sites is 6. The molecule has 78 heavy (non-hydrogen) atoms.